The van der Waals surface area contributed by atoms with Crippen molar-refractivity contribution in [2.24, 2.45) is 0 Å². The number of carbonyl (C=O) groups excluding carboxylic acids is 1. The number of para-hydroxylation sites is 1. The Morgan fingerprint density at radius 3 is 2.56 bits per heavy atom. The summed E-state index contributed by atoms with van der Waals surface area (Å²) < 4.78 is 39.7. The maximum absolute atomic E-state index is 14.1. The maximum atomic E-state index is 14.1. The number of rotatable bonds is 7. The Bertz CT molecular complexity index is 941. The first-order valence-electron chi connectivity index (χ1n) is 8.52. The lowest BCUT2D eigenvalue weighted by atomic mass is 10.1. The van der Waals surface area contributed by atoms with Crippen molar-refractivity contribution in [3.05, 3.63) is 64.4 Å². The minimum absolute atomic E-state index is 0.0151. The molecule has 1 amide bonds. The van der Waals surface area contributed by atoms with Crippen molar-refractivity contribution in [1.29, 1.82) is 0 Å². The van der Waals surface area contributed by atoms with Crippen molar-refractivity contribution < 1.29 is 17.6 Å². The Balaban J connectivity index is 1.81. The van der Waals surface area contributed by atoms with Crippen molar-refractivity contribution >= 4 is 33.2 Å². The summed E-state index contributed by atoms with van der Waals surface area (Å²) in [5.41, 5.74) is 1.23. The fourth-order valence-corrected chi connectivity index (χ4v) is 3.72. The summed E-state index contributed by atoms with van der Waals surface area (Å²) in [7, 11) is -3.46. The molecule has 0 aliphatic heterocycles. The summed E-state index contributed by atoms with van der Waals surface area (Å²) >= 11 is 6.11. The Morgan fingerprint density at radius 1 is 1.22 bits per heavy atom. The number of anilines is 1. The predicted octanol–water partition coefficient (Wildman–Crippen LogP) is 3.58. The van der Waals surface area contributed by atoms with Gasteiger partial charge in [-0.15, -0.1) is 0 Å². The molecule has 1 fully saturated rings. The molecule has 0 unspecified atom stereocenters. The molecule has 0 saturated heterocycles. The number of hydrogen-bond acceptors (Lipinski definition) is 3. The number of amides is 1. The SMILES string of the molecule is CS(=O)(=O)Nc1ccccc1CC(=O)N(Cc1c(F)cccc1Cl)C1CC1. The van der Waals surface area contributed by atoms with E-state index in [4.69, 9.17) is 11.6 Å². The van der Waals surface area contributed by atoms with E-state index in [-0.39, 0.29) is 29.9 Å². The summed E-state index contributed by atoms with van der Waals surface area (Å²) in [6.07, 6.45) is 2.80. The summed E-state index contributed by atoms with van der Waals surface area (Å²) in [6.45, 7) is 0.0939. The minimum Gasteiger partial charge on any atom is -0.335 e. The van der Waals surface area contributed by atoms with Crippen molar-refractivity contribution in [3.8, 4) is 0 Å². The largest absolute Gasteiger partial charge is 0.335 e. The van der Waals surface area contributed by atoms with Crippen LogP contribution in [0.5, 0.6) is 0 Å². The number of sulfonamides is 1. The van der Waals surface area contributed by atoms with Crippen LogP contribution in [0.2, 0.25) is 5.02 Å². The van der Waals surface area contributed by atoms with E-state index in [9.17, 15) is 17.6 Å². The van der Waals surface area contributed by atoms with E-state index in [2.05, 4.69) is 4.72 Å². The zero-order chi connectivity index (χ0) is 19.6. The van der Waals surface area contributed by atoms with Gasteiger partial charge in [0.15, 0.2) is 0 Å². The van der Waals surface area contributed by atoms with E-state index in [1.54, 1.807) is 35.2 Å². The third kappa shape index (κ3) is 5.20. The molecule has 3 rings (SSSR count). The predicted molar refractivity (Wildman–Crippen MR) is 104 cm³/mol. The van der Waals surface area contributed by atoms with E-state index < -0.39 is 15.8 Å². The first-order valence-corrected chi connectivity index (χ1v) is 10.8. The lowest BCUT2D eigenvalue weighted by Gasteiger charge is -2.24. The molecule has 2 aromatic carbocycles. The smallest absolute Gasteiger partial charge is 0.229 e. The van der Waals surface area contributed by atoms with Gasteiger partial charge >= 0.3 is 0 Å². The van der Waals surface area contributed by atoms with E-state index in [0.717, 1.165) is 19.1 Å². The van der Waals surface area contributed by atoms with Crippen LogP contribution >= 0.6 is 11.6 Å². The molecule has 0 radical (unpaired) electrons. The Kier molecular flexibility index (Phi) is 5.72. The van der Waals surface area contributed by atoms with E-state index in [1.807, 2.05) is 0 Å². The number of nitrogens with one attached hydrogen (secondary N) is 1. The Morgan fingerprint density at radius 2 is 1.93 bits per heavy atom. The molecule has 1 saturated carbocycles. The third-order valence-electron chi connectivity index (χ3n) is 4.35. The fraction of sp³-hybridized carbons (Fsp3) is 0.316. The summed E-state index contributed by atoms with van der Waals surface area (Å²) in [6, 6.07) is 11.2. The highest BCUT2D eigenvalue weighted by Crippen LogP contribution is 2.31. The van der Waals surface area contributed by atoms with Crippen LogP contribution in [0.4, 0.5) is 10.1 Å². The van der Waals surface area contributed by atoms with Gasteiger partial charge in [0.25, 0.3) is 0 Å². The van der Waals surface area contributed by atoms with Crippen LogP contribution in [0.25, 0.3) is 0 Å². The van der Waals surface area contributed by atoms with Gasteiger partial charge in [0, 0.05) is 16.6 Å². The standard InChI is InChI=1S/C19H20ClFN2O3S/c1-27(25,26)22-18-8-3-2-5-13(18)11-19(24)23(14-9-10-14)12-15-16(20)6-4-7-17(15)21/h2-8,14,22H,9-12H2,1H3. The number of nitrogens with zero attached hydrogens (tertiary/aromatic N) is 1. The minimum atomic E-state index is -3.46. The molecule has 2 aromatic rings. The molecule has 0 spiro atoms. The average molecular weight is 411 g/mol. The highest BCUT2D eigenvalue weighted by atomic mass is 35.5. The zero-order valence-electron chi connectivity index (χ0n) is 14.8. The second-order valence-electron chi connectivity index (χ2n) is 6.66. The first-order chi connectivity index (χ1) is 12.7. The third-order valence-corrected chi connectivity index (χ3v) is 5.30. The second-order valence-corrected chi connectivity index (χ2v) is 8.82. The van der Waals surface area contributed by atoms with Crippen LogP contribution in [-0.4, -0.2) is 31.5 Å². The first kappa shape index (κ1) is 19.6. The summed E-state index contributed by atoms with van der Waals surface area (Å²) in [5, 5.41) is 0.285. The Labute approximate surface area is 163 Å². The molecule has 1 aliphatic carbocycles. The number of halogens is 2. The van der Waals surface area contributed by atoms with Crippen LogP contribution in [-0.2, 0) is 27.8 Å². The van der Waals surface area contributed by atoms with Crippen LogP contribution in [0.1, 0.15) is 24.0 Å². The number of carbonyl (C=O) groups is 1. The van der Waals surface area contributed by atoms with Crippen LogP contribution in [0.15, 0.2) is 42.5 Å². The number of hydrogen-bond donors (Lipinski definition) is 1. The molecule has 27 heavy (non-hydrogen) atoms. The molecule has 144 valence electrons. The van der Waals surface area contributed by atoms with Crippen molar-refractivity contribution in [3.63, 3.8) is 0 Å². The molecule has 8 heteroatoms. The van der Waals surface area contributed by atoms with E-state index in [0.29, 0.717) is 16.8 Å². The van der Waals surface area contributed by atoms with Gasteiger partial charge in [-0.2, -0.15) is 0 Å². The lowest BCUT2D eigenvalue weighted by Crippen LogP contribution is -2.34. The molecular formula is C19H20ClFN2O3S. The van der Waals surface area contributed by atoms with Crippen LogP contribution in [0, 0.1) is 5.82 Å². The highest BCUT2D eigenvalue weighted by molar-refractivity contribution is 7.92. The van der Waals surface area contributed by atoms with Crippen LogP contribution < -0.4 is 4.72 Å². The van der Waals surface area contributed by atoms with Crippen molar-refractivity contribution in [2.75, 3.05) is 11.0 Å². The average Bonchev–Trinajstić information content (AvgIpc) is 3.40. The van der Waals surface area contributed by atoms with Gasteiger partial charge < -0.3 is 4.90 Å². The summed E-state index contributed by atoms with van der Waals surface area (Å²) in [5.74, 6) is -0.639. The molecule has 5 nitrogen and oxygen atoms in total. The fourth-order valence-electron chi connectivity index (χ4n) is 2.90. The van der Waals surface area contributed by atoms with Gasteiger partial charge in [-0.05, 0) is 36.6 Å². The molecular weight excluding hydrogens is 391 g/mol. The van der Waals surface area contributed by atoms with Gasteiger partial charge in [-0.3, -0.25) is 9.52 Å². The van der Waals surface area contributed by atoms with Crippen molar-refractivity contribution in [2.45, 2.75) is 31.8 Å². The molecule has 0 aromatic heterocycles. The highest BCUT2D eigenvalue weighted by Gasteiger charge is 2.33. The topological polar surface area (TPSA) is 66.5 Å². The van der Waals surface area contributed by atoms with Gasteiger partial charge in [0.2, 0.25) is 15.9 Å². The lowest BCUT2D eigenvalue weighted by molar-refractivity contribution is -0.131. The van der Waals surface area contributed by atoms with Gasteiger partial charge in [0.1, 0.15) is 5.82 Å². The zero-order valence-corrected chi connectivity index (χ0v) is 16.4. The van der Waals surface area contributed by atoms with Crippen LogP contribution in [0.3, 0.4) is 0 Å². The maximum Gasteiger partial charge on any atom is 0.229 e. The molecule has 1 N–H and O–H groups in total. The van der Waals surface area contributed by atoms with Crippen molar-refractivity contribution in [1.82, 2.24) is 4.90 Å². The molecule has 0 heterocycles. The quantitative estimate of drug-likeness (QED) is 0.758. The number of benzene rings is 2. The van der Waals surface area contributed by atoms with Gasteiger partial charge in [-0.1, -0.05) is 35.9 Å². The molecule has 1 aliphatic rings. The molecule has 0 bridgehead atoms. The Hall–Kier alpha value is -2.12. The summed E-state index contributed by atoms with van der Waals surface area (Å²) in [4.78, 5) is 14.5. The van der Waals surface area contributed by atoms with Gasteiger partial charge in [-0.25, -0.2) is 12.8 Å². The van der Waals surface area contributed by atoms with E-state index in [1.165, 1.54) is 12.1 Å². The second kappa shape index (κ2) is 7.86. The monoisotopic (exact) mass is 410 g/mol. The molecule has 0 atom stereocenters. The normalized spacial score (nSPS) is 14.0. The van der Waals surface area contributed by atoms with Gasteiger partial charge in [0.05, 0.1) is 24.9 Å². The van der Waals surface area contributed by atoms with E-state index >= 15 is 0 Å².